The first kappa shape index (κ1) is 13.1. The SMILES string of the molecule is O=C(NCCNC1CC1)c1ccc(F)c2ccccc12. The number of benzene rings is 2. The lowest BCUT2D eigenvalue weighted by atomic mass is 10.0. The molecule has 4 heteroatoms. The first-order chi connectivity index (χ1) is 9.75. The van der Waals surface area contributed by atoms with E-state index in [-0.39, 0.29) is 11.7 Å². The number of rotatable bonds is 5. The van der Waals surface area contributed by atoms with E-state index in [1.165, 1.54) is 18.9 Å². The lowest BCUT2D eigenvalue weighted by Gasteiger charge is -2.09. The number of amides is 1. The summed E-state index contributed by atoms with van der Waals surface area (Å²) >= 11 is 0. The fourth-order valence-corrected chi connectivity index (χ4v) is 2.30. The van der Waals surface area contributed by atoms with E-state index in [1.807, 2.05) is 6.07 Å². The number of hydrogen-bond acceptors (Lipinski definition) is 2. The zero-order chi connectivity index (χ0) is 13.9. The highest BCUT2D eigenvalue weighted by Crippen LogP contribution is 2.21. The van der Waals surface area contributed by atoms with Gasteiger partial charge in [0.2, 0.25) is 0 Å². The van der Waals surface area contributed by atoms with Crippen molar-refractivity contribution in [3.63, 3.8) is 0 Å². The summed E-state index contributed by atoms with van der Waals surface area (Å²) < 4.78 is 13.7. The topological polar surface area (TPSA) is 41.1 Å². The van der Waals surface area contributed by atoms with E-state index in [0.717, 1.165) is 6.54 Å². The Bertz CT molecular complexity index is 637. The lowest BCUT2D eigenvalue weighted by Crippen LogP contribution is -2.32. The van der Waals surface area contributed by atoms with Gasteiger partial charge in [-0.3, -0.25) is 4.79 Å². The zero-order valence-electron chi connectivity index (χ0n) is 11.2. The van der Waals surface area contributed by atoms with Gasteiger partial charge in [0.15, 0.2) is 0 Å². The van der Waals surface area contributed by atoms with Crippen LogP contribution in [0.25, 0.3) is 10.8 Å². The van der Waals surface area contributed by atoms with Crippen molar-refractivity contribution < 1.29 is 9.18 Å². The molecule has 2 N–H and O–H groups in total. The molecule has 2 aromatic rings. The minimum absolute atomic E-state index is 0.154. The Kier molecular flexibility index (Phi) is 3.65. The van der Waals surface area contributed by atoms with Gasteiger partial charge in [-0.2, -0.15) is 0 Å². The minimum atomic E-state index is -0.299. The second-order valence-electron chi connectivity index (χ2n) is 5.12. The predicted octanol–water partition coefficient (Wildman–Crippen LogP) is 2.46. The van der Waals surface area contributed by atoms with E-state index < -0.39 is 0 Å². The first-order valence-corrected chi connectivity index (χ1v) is 6.94. The van der Waals surface area contributed by atoms with Crippen molar-refractivity contribution in [3.8, 4) is 0 Å². The summed E-state index contributed by atoms with van der Waals surface area (Å²) in [6.07, 6.45) is 2.47. The van der Waals surface area contributed by atoms with Gasteiger partial charge >= 0.3 is 0 Å². The Labute approximate surface area is 117 Å². The summed E-state index contributed by atoms with van der Waals surface area (Å²) in [5.41, 5.74) is 0.522. The van der Waals surface area contributed by atoms with Crippen LogP contribution in [0.2, 0.25) is 0 Å². The van der Waals surface area contributed by atoms with Crippen molar-refractivity contribution in [2.45, 2.75) is 18.9 Å². The smallest absolute Gasteiger partial charge is 0.251 e. The second kappa shape index (κ2) is 5.59. The van der Waals surface area contributed by atoms with Crippen LogP contribution in [0.4, 0.5) is 4.39 Å². The maximum absolute atomic E-state index is 13.7. The van der Waals surface area contributed by atoms with E-state index in [4.69, 9.17) is 0 Å². The highest BCUT2D eigenvalue weighted by atomic mass is 19.1. The van der Waals surface area contributed by atoms with Crippen molar-refractivity contribution in [3.05, 3.63) is 47.8 Å². The van der Waals surface area contributed by atoms with E-state index >= 15 is 0 Å². The number of carbonyl (C=O) groups is 1. The Morgan fingerprint density at radius 3 is 2.60 bits per heavy atom. The molecule has 104 valence electrons. The average Bonchev–Trinajstić information content (AvgIpc) is 3.28. The van der Waals surface area contributed by atoms with Gasteiger partial charge in [-0.1, -0.05) is 24.3 Å². The van der Waals surface area contributed by atoms with Gasteiger partial charge in [-0.25, -0.2) is 4.39 Å². The zero-order valence-corrected chi connectivity index (χ0v) is 11.2. The Morgan fingerprint density at radius 2 is 1.85 bits per heavy atom. The van der Waals surface area contributed by atoms with Crippen molar-refractivity contribution >= 4 is 16.7 Å². The van der Waals surface area contributed by atoms with Gasteiger partial charge in [0, 0.05) is 30.1 Å². The number of fused-ring (bicyclic) bond motifs is 1. The highest BCUT2D eigenvalue weighted by molar-refractivity contribution is 6.07. The highest BCUT2D eigenvalue weighted by Gasteiger charge is 2.19. The molecule has 1 amide bonds. The monoisotopic (exact) mass is 272 g/mol. The van der Waals surface area contributed by atoms with Gasteiger partial charge in [-0.15, -0.1) is 0 Å². The van der Waals surface area contributed by atoms with Crippen molar-refractivity contribution in [2.75, 3.05) is 13.1 Å². The van der Waals surface area contributed by atoms with Gasteiger partial charge < -0.3 is 10.6 Å². The van der Waals surface area contributed by atoms with Crippen LogP contribution < -0.4 is 10.6 Å². The second-order valence-corrected chi connectivity index (χ2v) is 5.12. The molecule has 3 nitrogen and oxygen atoms in total. The summed E-state index contributed by atoms with van der Waals surface area (Å²) in [5.74, 6) is -0.452. The van der Waals surface area contributed by atoms with E-state index in [9.17, 15) is 9.18 Å². The molecule has 1 fully saturated rings. The molecule has 0 bridgehead atoms. The number of halogens is 1. The predicted molar refractivity (Wildman–Crippen MR) is 77.3 cm³/mol. The summed E-state index contributed by atoms with van der Waals surface area (Å²) in [6, 6.07) is 10.6. The third-order valence-electron chi connectivity index (χ3n) is 3.54. The number of nitrogens with one attached hydrogen (secondary N) is 2. The number of hydrogen-bond donors (Lipinski definition) is 2. The van der Waals surface area contributed by atoms with Gasteiger partial charge in [0.1, 0.15) is 5.82 Å². The fourth-order valence-electron chi connectivity index (χ4n) is 2.30. The van der Waals surface area contributed by atoms with Crippen LogP contribution >= 0.6 is 0 Å². The van der Waals surface area contributed by atoms with E-state index in [2.05, 4.69) is 10.6 Å². The summed E-state index contributed by atoms with van der Waals surface area (Å²) in [6.45, 7) is 1.36. The molecule has 2 aromatic carbocycles. The average molecular weight is 272 g/mol. The Morgan fingerprint density at radius 1 is 1.10 bits per heavy atom. The molecule has 0 saturated heterocycles. The Balaban J connectivity index is 1.71. The molecule has 0 atom stereocenters. The first-order valence-electron chi connectivity index (χ1n) is 6.94. The third kappa shape index (κ3) is 2.80. The van der Waals surface area contributed by atoms with Crippen LogP contribution in [-0.2, 0) is 0 Å². The Hall–Kier alpha value is -1.94. The molecule has 0 heterocycles. The minimum Gasteiger partial charge on any atom is -0.351 e. The molecule has 3 rings (SSSR count). The van der Waals surface area contributed by atoms with Gasteiger partial charge in [-0.05, 0) is 30.4 Å². The fraction of sp³-hybridized carbons (Fsp3) is 0.312. The van der Waals surface area contributed by atoms with Crippen LogP contribution in [0, 0.1) is 5.82 Å². The molecular weight excluding hydrogens is 255 g/mol. The molecule has 1 aliphatic rings. The van der Waals surface area contributed by atoms with E-state index in [1.54, 1.807) is 24.3 Å². The third-order valence-corrected chi connectivity index (χ3v) is 3.54. The van der Waals surface area contributed by atoms with Crippen molar-refractivity contribution in [1.29, 1.82) is 0 Å². The molecule has 1 aliphatic carbocycles. The maximum Gasteiger partial charge on any atom is 0.251 e. The summed E-state index contributed by atoms with van der Waals surface area (Å²) in [4.78, 5) is 12.2. The van der Waals surface area contributed by atoms with Crippen molar-refractivity contribution in [1.82, 2.24) is 10.6 Å². The molecule has 0 spiro atoms. The van der Waals surface area contributed by atoms with Crippen LogP contribution in [-0.4, -0.2) is 25.0 Å². The molecule has 20 heavy (non-hydrogen) atoms. The maximum atomic E-state index is 13.7. The molecular formula is C16H17FN2O. The molecule has 0 aliphatic heterocycles. The van der Waals surface area contributed by atoms with Crippen LogP contribution in [0.3, 0.4) is 0 Å². The largest absolute Gasteiger partial charge is 0.351 e. The van der Waals surface area contributed by atoms with Gasteiger partial charge in [0.05, 0.1) is 0 Å². The summed E-state index contributed by atoms with van der Waals surface area (Å²) in [5, 5.41) is 7.34. The van der Waals surface area contributed by atoms with Gasteiger partial charge in [0.25, 0.3) is 5.91 Å². The standard InChI is InChI=1S/C16H17FN2O/c17-15-8-7-14(12-3-1-2-4-13(12)15)16(20)19-10-9-18-11-5-6-11/h1-4,7-8,11,18H,5-6,9-10H2,(H,19,20). The summed E-state index contributed by atoms with van der Waals surface area (Å²) in [7, 11) is 0. The molecule has 1 saturated carbocycles. The lowest BCUT2D eigenvalue weighted by molar-refractivity contribution is 0.0955. The number of carbonyl (C=O) groups excluding carboxylic acids is 1. The molecule has 0 unspecified atom stereocenters. The quantitative estimate of drug-likeness (QED) is 0.821. The van der Waals surface area contributed by atoms with Crippen molar-refractivity contribution in [2.24, 2.45) is 0 Å². The van der Waals surface area contributed by atoms with Crippen LogP contribution in [0.15, 0.2) is 36.4 Å². The van der Waals surface area contributed by atoms with Crippen LogP contribution in [0.5, 0.6) is 0 Å². The van der Waals surface area contributed by atoms with E-state index in [0.29, 0.717) is 28.9 Å². The normalized spacial score (nSPS) is 14.4. The van der Waals surface area contributed by atoms with Crippen LogP contribution in [0.1, 0.15) is 23.2 Å². The molecule has 0 radical (unpaired) electrons. The molecule has 0 aromatic heterocycles.